The minimum absolute atomic E-state index is 0.0266. The topological polar surface area (TPSA) is 46.4 Å². The highest BCUT2D eigenvalue weighted by molar-refractivity contribution is 8.00. The lowest BCUT2D eigenvalue weighted by Crippen LogP contribution is -2.32. The standard InChI is InChI=1S/C18H18ClN3OS/c1-13(24-16-7-5-14(19)6-8-16)18(23)20-10-9-15-12-22-11-3-2-4-17(22)21-15/h2-8,11-13H,9-10H2,1H3,(H,20,23)/t13-/m0/s1. The van der Waals surface area contributed by atoms with Crippen LogP contribution in [-0.4, -0.2) is 27.1 Å². The maximum absolute atomic E-state index is 12.2. The molecule has 1 aromatic carbocycles. The van der Waals surface area contributed by atoms with Crippen LogP contribution in [0.5, 0.6) is 0 Å². The van der Waals surface area contributed by atoms with Crippen LogP contribution in [0.3, 0.4) is 0 Å². The minimum Gasteiger partial charge on any atom is -0.355 e. The Morgan fingerprint density at radius 1 is 1.29 bits per heavy atom. The van der Waals surface area contributed by atoms with Crippen LogP contribution in [0.25, 0.3) is 5.65 Å². The number of fused-ring (bicyclic) bond motifs is 1. The molecule has 0 aliphatic heterocycles. The van der Waals surface area contributed by atoms with Crippen LogP contribution in [0, 0.1) is 0 Å². The summed E-state index contributed by atoms with van der Waals surface area (Å²) in [5.74, 6) is 0.0266. The van der Waals surface area contributed by atoms with E-state index in [9.17, 15) is 4.79 Å². The van der Waals surface area contributed by atoms with Gasteiger partial charge in [-0.05, 0) is 43.3 Å². The predicted octanol–water partition coefficient (Wildman–Crippen LogP) is 3.83. The molecule has 1 atom stereocenters. The molecule has 0 saturated heterocycles. The average Bonchev–Trinajstić information content (AvgIpc) is 2.99. The van der Waals surface area contributed by atoms with Crippen molar-refractivity contribution in [2.24, 2.45) is 0 Å². The second-order valence-corrected chi connectivity index (χ2v) is 7.30. The van der Waals surface area contributed by atoms with Gasteiger partial charge in [-0.1, -0.05) is 17.7 Å². The van der Waals surface area contributed by atoms with E-state index in [1.807, 2.05) is 66.2 Å². The zero-order chi connectivity index (χ0) is 16.9. The van der Waals surface area contributed by atoms with E-state index in [1.54, 1.807) is 0 Å². The fourth-order valence-electron chi connectivity index (χ4n) is 2.34. The van der Waals surface area contributed by atoms with E-state index in [4.69, 9.17) is 11.6 Å². The van der Waals surface area contributed by atoms with Gasteiger partial charge >= 0.3 is 0 Å². The molecule has 3 aromatic rings. The first-order chi connectivity index (χ1) is 11.6. The van der Waals surface area contributed by atoms with Crippen LogP contribution in [0.1, 0.15) is 12.6 Å². The number of hydrogen-bond acceptors (Lipinski definition) is 3. The van der Waals surface area contributed by atoms with E-state index in [2.05, 4.69) is 10.3 Å². The number of rotatable bonds is 6. The fraction of sp³-hybridized carbons (Fsp3) is 0.222. The molecular weight excluding hydrogens is 342 g/mol. The first-order valence-corrected chi connectivity index (χ1v) is 9.00. The SMILES string of the molecule is C[C@H](Sc1ccc(Cl)cc1)C(=O)NCCc1cn2ccccc2n1. The number of nitrogens with zero attached hydrogens (tertiary/aromatic N) is 2. The number of hydrogen-bond donors (Lipinski definition) is 1. The lowest BCUT2D eigenvalue weighted by molar-refractivity contribution is -0.120. The van der Waals surface area contributed by atoms with E-state index >= 15 is 0 Å². The maximum atomic E-state index is 12.2. The Hall–Kier alpha value is -1.98. The van der Waals surface area contributed by atoms with Crippen LogP contribution >= 0.6 is 23.4 Å². The van der Waals surface area contributed by atoms with Crippen molar-refractivity contribution < 1.29 is 4.79 Å². The van der Waals surface area contributed by atoms with Gasteiger partial charge in [0.15, 0.2) is 0 Å². The third-order valence-electron chi connectivity index (χ3n) is 3.59. The van der Waals surface area contributed by atoms with Gasteiger partial charge in [0.05, 0.1) is 10.9 Å². The smallest absolute Gasteiger partial charge is 0.233 e. The van der Waals surface area contributed by atoms with Gasteiger partial charge in [0, 0.05) is 35.3 Å². The molecule has 2 heterocycles. The van der Waals surface area contributed by atoms with Crippen molar-refractivity contribution in [2.45, 2.75) is 23.5 Å². The van der Waals surface area contributed by atoms with Crippen molar-refractivity contribution in [1.82, 2.24) is 14.7 Å². The summed E-state index contributed by atoms with van der Waals surface area (Å²) in [6.45, 7) is 2.48. The molecule has 0 spiro atoms. The molecule has 0 unspecified atom stereocenters. The molecule has 1 amide bonds. The molecule has 3 rings (SSSR count). The van der Waals surface area contributed by atoms with Crippen molar-refractivity contribution in [2.75, 3.05) is 6.54 Å². The first kappa shape index (κ1) is 16.9. The zero-order valence-electron chi connectivity index (χ0n) is 13.3. The van der Waals surface area contributed by atoms with E-state index in [0.717, 1.165) is 16.2 Å². The number of amides is 1. The highest BCUT2D eigenvalue weighted by Gasteiger charge is 2.14. The number of carbonyl (C=O) groups excluding carboxylic acids is 1. The van der Waals surface area contributed by atoms with Gasteiger partial charge in [-0.25, -0.2) is 4.98 Å². The Bertz CT molecular complexity index is 799. The van der Waals surface area contributed by atoms with Gasteiger partial charge in [0.2, 0.25) is 5.91 Å². The minimum atomic E-state index is -0.160. The van der Waals surface area contributed by atoms with Gasteiger partial charge in [0.1, 0.15) is 5.65 Å². The summed E-state index contributed by atoms with van der Waals surface area (Å²) in [4.78, 5) is 17.7. The Kier molecular flexibility index (Phi) is 5.43. The highest BCUT2D eigenvalue weighted by Crippen LogP contribution is 2.24. The summed E-state index contributed by atoms with van der Waals surface area (Å²) in [6.07, 6.45) is 4.67. The normalized spacial score (nSPS) is 12.2. The fourth-order valence-corrected chi connectivity index (χ4v) is 3.35. The number of nitrogens with one attached hydrogen (secondary N) is 1. The van der Waals surface area contributed by atoms with Crippen LogP contribution < -0.4 is 5.32 Å². The number of imidazole rings is 1. The van der Waals surface area contributed by atoms with Crippen LogP contribution in [0.4, 0.5) is 0 Å². The molecule has 0 saturated carbocycles. The van der Waals surface area contributed by atoms with Gasteiger partial charge in [-0.15, -0.1) is 11.8 Å². The maximum Gasteiger partial charge on any atom is 0.233 e. The monoisotopic (exact) mass is 359 g/mol. The quantitative estimate of drug-likeness (QED) is 0.680. The molecule has 4 nitrogen and oxygen atoms in total. The van der Waals surface area contributed by atoms with Gasteiger partial charge in [-0.3, -0.25) is 4.79 Å². The summed E-state index contributed by atoms with van der Waals surface area (Å²) in [6, 6.07) is 13.4. The molecule has 0 aliphatic rings. The van der Waals surface area contributed by atoms with Crippen molar-refractivity contribution in [1.29, 1.82) is 0 Å². The molecule has 0 fully saturated rings. The van der Waals surface area contributed by atoms with Gasteiger partial charge < -0.3 is 9.72 Å². The molecular formula is C18H18ClN3OS. The first-order valence-electron chi connectivity index (χ1n) is 7.74. The molecule has 6 heteroatoms. The van der Waals surface area contributed by atoms with Crippen LogP contribution in [0.15, 0.2) is 59.8 Å². The third-order valence-corrected chi connectivity index (χ3v) is 4.95. The highest BCUT2D eigenvalue weighted by atomic mass is 35.5. The largest absolute Gasteiger partial charge is 0.355 e. The zero-order valence-corrected chi connectivity index (χ0v) is 14.8. The molecule has 0 radical (unpaired) electrons. The Balaban J connectivity index is 1.48. The molecule has 0 aliphatic carbocycles. The number of halogens is 1. The molecule has 0 bridgehead atoms. The van der Waals surface area contributed by atoms with Crippen molar-refractivity contribution in [3.8, 4) is 0 Å². The molecule has 1 N–H and O–H groups in total. The number of pyridine rings is 1. The number of benzene rings is 1. The van der Waals surface area contributed by atoms with E-state index < -0.39 is 0 Å². The molecule has 2 aromatic heterocycles. The van der Waals surface area contributed by atoms with Crippen LogP contribution in [0.2, 0.25) is 5.02 Å². The summed E-state index contributed by atoms with van der Waals surface area (Å²) >= 11 is 7.39. The number of aromatic nitrogens is 2. The second-order valence-electron chi connectivity index (χ2n) is 5.45. The third kappa shape index (κ3) is 4.30. The lowest BCUT2D eigenvalue weighted by Gasteiger charge is -2.11. The van der Waals surface area contributed by atoms with Crippen molar-refractivity contribution >= 4 is 34.9 Å². The second kappa shape index (κ2) is 7.73. The van der Waals surface area contributed by atoms with Crippen molar-refractivity contribution in [3.63, 3.8) is 0 Å². The van der Waals surface area contributed by atoms with E-state index in [1.165, 1.54) is 11.8 Å². The molecule has 24 heavy (non-hydrogen) atoms. The summed E-state index contributed by atoms with van der Waals surface area (Å²) < 4.78 is 1.98. The van der Waals surface area contributed by atoms with Crippen molar-refractivity contribution in [3.05, 3.63) is 65.6 Å². The van der Waals surface area contributed by atoms with Crippen LogP contribution in [-0.2, 0) is 11.2 Å². The Labute approximate surface area is 150 Å². The predicted molar refractivity (Wildman–Crippen MR) is 98.7 cm³/mol. The average molecular weight is 360 g/mol. The van der Waals surface area contributed by atoms with E-state index in [0.29, 0.717) is 18.0 Å². The van der Waals surface area contributed by atoms with Gasteiger partial charge in [-0.2, -0.15) is 0 Å². The van der Waals surface area contributed by atoms with Gasteiger partial charge in [0.25, 0.3) is 0 Å². The number of carbonyl (C=O) groups is 1. The summed E-state index contributed by atoms with van der Waals surface area (Å²) in [7, 11) is 0. The molecule has 124 valence electrons. The summed E-state index contributed by atoms with van der Waals surface area (Å²) in [5.41, 5.74) is 1.89. The summed E-state index contributed by atoms with van der Waals surface area (Å²) in [5, 5.41) is 3.51. The number of thioether (sulfide) groups is 1. The Morgan fingerprint density at radius 3 is 2.83 bits per heavy atom. The lowest BCUT2D eigenvalue weighted by atomic mass is 10.3. The Morgan fingerprint density at radius 2 is 2.08 bits per heavy atom. The van der Waals surface area contributed by atoms with E-state index in [-0.39, 0.29) is 11.2 Å².